The molecule has 1 fully saturated rings. The van der Waals surface area contributed by atoms with Gasteiger partial charge in [-0.25, -0.2) is 0 Å². The molecular formula is C30H41N5O7. The predicted molar refractivity (Wildman–Crippen MR) is 158 cm³/mol. The minimum Gasteiger partial charge on any atom is -0.510 e. The van der Waals surface area contributed by atoms with Crippen LogP contribution in [0.15, 0.2) is 23.0 Å². The molecule has 0 bridgehead atoms. The second-order valence-electron chi connectivity index (χ2n) is 13.1. The number of aliphatic hydroxyl groups excluding tert-OH is 2. The van der Waals surface area contributed by atoms with Gasteiger partial charge in [0.25, 0.3) is 5.91 Å². The summed E-state index contributed by atoms with van der Waals surface area (Å²) in [5, 5.41) is 40.0. The van der Waals surface area contributed by atoms with Gasteiger partial charge in [-0.15, -0.1) is 0 Å². The monoisotopic (exact) mass is 583 g/mol. The Morgan fingerprint density at radius 2 is 1.74 bits per heavy atom. The first-order valence-corrected chi connectivity index (χ1v) is 13.9. The summed E-state index contributed by atoms with van der Waals surface area (Å²) in [6, 6.07) is 0.708. The van der Waals surface area contributed by atoms with E-state index in [0.29, 0.717) is 11.3 Å². The summed E-state index contributed by atoms with van der Waals surface area (Å²) in [4.78, 5) is 56.0. The molecule has 1 aromatic carbocycles. The van der Waals surface area contributed by atoms with E-state index in [1.807, 2.05) is 20.8 Å². The zero-order valence-corrected chi connectivity index (χ0v) is 25.4. The number of nitrogens with one attached hydrogen (secondary N) is 2. The smallest absolute Gasteiger partial charge is 0.255 e. The highest BCUT2D eigenvalue weighted by molar-refractivity contribution is 6.24. The van der Waals surface area contributed by atoms with Crippen molar-refractivity contribution in [3.05, 3.63) is 34.1 Å². The third-order valence-corrected chi connectivity index (χ3v) is 8.69. The lowest BCUT2D eigenvalue weighted by atomic mass is 9.53. The fourth-order valence-electron chi connectivity index (χ4n) is 6.62. The van der Waals surface area contributed by atoms with Crippen LogP contribution in [-0.4, -0.2) is 89.9 Å². The van der Waals surface area contributed by atoms with Crippen LogP contribution < -0.4 is 21.3 Å². The number of carbonyl (C=O) groups excluding carboxylic acids is 4. The normalized spacial score (nSPS) is 25.7. The Hall–Kier alpha value is -3.90. The van der Waals surface area contributed by atoms with Crippen LogP contribution in [0, 0.1) is 17.3 Å². The second-order valence-corrected chi connectivity index (χ2v) is 13.1. The number of hydrogen-bond donors (Lipinski definition) is 6. The SMILES string of the molecule is CN(C)c1cc(NC(=O)CNC(C)(C)C)c(O)c2c1C[C@H]1C[C@H]3[C@H](N(C)C)C(=O)C(C(N)=O)=C(O)[C@@]3(C)C(=O)C1=C2O. The quantitative estimate of drug-likeness (QED) is 0.212. The Bertz CT molecular complexity index is 1450. The summed E-state index contributed by atoms with van der Waals surface area (Å²) in [6.45, 7) is 7.17. The van der Waals surface area contributed by atoms with E-state index in [1.165, 1.54) is 6.92 Å². The van der Waals surface area contributed by atoms with E-state index < -0.39 is 69.5 Å². The zero-order valence-electron chi connectivity index (χ0n) is 25.4. The lowest BCUT2D eigenvalue weighted by Gasteiger charge is -2.51. The van der Waals surface area contributed by atoms with Crippen molar-refractivity contribution in [3.8, 4) is 5.75 Å². The van der Waals surface area contributed by atoms with Crippen molar-refractivity contribution in [1.29, 1.82) is 0 Å². The average Bonchev–Trinajstić information content (AvgIpc) is 2.85. The van der Waals surface area contributed by atoms with Crippen LogP contribution in [0.1, 0.15) is 45.2 Å². The van der Waals surface area contributed by atoms with Gasteiger partial charge in [0.15, 0.2) is 11.6 Å². The highest BCUT2D eigenvalue weighted by Crippen LogP contribution is 2.57. The number of Topliss-reactive ketones (excluding diaryl/α,β-unsaturated/α-hetero) is 2. The maximum absolute atomic E-state index is 14.3. The van der Waals surface area contributed by atoms with Crippen LogP contribution in [0.25, 0.3) is 5.76 Å². The van der Waals surface area contributed by atoms with Crippen LogP contribution in [0.3, 0.4) is 0 Å². The summed E-state index contributed by atoms with van der Waals surface area (Å²) in [5.41, 5.74) is 4.07. The fraction of sp³-hybridized carbons (Fsp3) is 0.533. The highest BCUT2D eigenvalue weighted by Gasteiger charge is 2.62. The third kappa shape index (κ3) is 4.82. The van der Waals surface area contributed by atoms with Crippen LogP contribution >= 0.6 is 0 Å². The molecule has 1 saturated carbocycles. The molecule has 1 aromatic rings. The number of nitrogens with two attached hydrogens (primary N) is 1. The number of rotatable bonds is 6. The molecule has 42 heavy (non-hydrogen) atoms. The van der Waals surface area contributed by atoms with Gasteiger partial charge in [-0.3, -0.25) is 24.1 Å². The first-order valence-electron chi connectivity index (χ1n) is 13.9. The molecular weight excluding hydrogens is 542 g/mol. The molecule has 0 radical (unpaired) electrons. The standard InChI is InChI=1S/C30H41N5O7/c1-29(2,3)32-12-18(36)33-16-11-17(34(5)6)14-9-13-10-15-22(35(7)8)25(39)21(28(31)42)27(41)30(15,4)26(40)19(13)24(38)20(14)23(16)37/h11,13,15,22,32,37-38,41H,9-10,12H2,1-8H3,(H2,31,42)(H,33,36)/t13-,15-,22-,30+/m0/s1. The Labute approximate surface area is 245 Å². The van der Waals surface area contributed by atoms with E-state index >= 15 is 0 Å². The van der Waals surface area contributed by atoms with Crippen LogP contribution in [0.5, 0.6) is 5.75 Å². The number of aliphatic hydroxyl groups is 2. The first-order chi connectivity index (χ1) is 19.3. The molecule has 4 rings (SSSR count). The molecule has 0 aliphatic heterocycles. The van der Waals surface area contributed by atoms with E-state index in [0.717, 1.165) is 0 Å². The van der Waals surface area contributed by atoms with E-state index in [9.17, 15) is 34.5 Å². The van der Waals surface area contributed by atoms with E-state index in [-0.39, 0.29) is 41.7 Å². The van der Waals surface area contributed by atoms with E-state index in [2.05, 4.69) is 10.6 Å². The molecule has 3 aliphatic carbocycles. The number of carbonyl (C=O) groups is 4. The Morgan fingerprint density at radius 3 is 2.26 bits per heavy atom. The van der Waals surface area contributed by atoms with Crippen LogP contribution in [-0.2, 0) is 25.6 Å². The minimum absolute atomic E-state index is 0.0107. The number of benzene rings is 1. The number of aromatic hydroxyl groups is 1. The highest BCUT2D eigenvalue weighted by atomic mass is 16.3. The van der Waals surface area contributed by atoms with Crippen molar-refractivity contribution >= 4 is 40.5 Å². The van der Waals surface area contributed by atoms with Gasteiger partial charge < -0.3 is 36.6 Å². The molecule has 228 valence electrons. The van der Waals surface area contributed by atoms with Crippen LogP contribution in [0.2, 0.25) is 0 Å². The number of amides is 2. The van der Waals surface area contributed by atoms with E-state index in [1.54, 1.807) is 44.1 Å². The molecule has 2 amide bonds. The van der Waals surface area contributed by atoms with Crippen molar-refractivity contribution < 1.29 is 34.5 Å². The summed E-state index contributed by atoms with van der Waals surface area (Å²) >= 11 is 0. The van der Waals surface area contributed by atoms with Crippen molar-refractivity contribution in [1.82, 2.24) is 10.2 Å². The summed E-state index contributed by atoms with van der Waals surface area (Å²) in [5.74, 6) is -5.69. The molecule has 12 nitrogen and oxygen atoms in total. The van der Waals surface area contributed by atoms with Crippen molar-refractivity contribution in [2.24, 2.45) is 23.0 Å². The maximum Gasteiger partial charge on any atom is 0.255 e. The number of hydrogen-bond acceptors (Lipinski definition) is 10. The minimum atomic E-state index is -1.73. The number of fused-ring (bicyclic) bond motifs is 3. The number of allylic oxidation sites excluding steroid dienone is 2. The number of ketones is 2. The summed E-state index contributed by atoms with van der Waals surface area (Å²) in [6.07, 6.45) is 0.478. The molecule has 3 aliphatic rings. The van der Waals surface area contributed by atoms with Gasteiger partial charge in [-0.05, 0) is 72.2 Å². The molecule has 7 N–H and O–H groups in total. The van der Waals surface area contributed by atoms with Crippen molar-refractivity contribution in [2.75, 3.05) is 45.0 Å². The average molecular weight is 584 g/mol. The first kappa shape index (κ1) is 31.0. The van der Waals surface area contributed by atoms with Crippen molar-refractivity contribution in [3.63, 3.8) is 0 Å². The molecule has 12 heteroatoms. The lowest BCUT2D eigenvalue weighted by Crippen LogP contribution is -2.60. The maximum atomic E-state index is 14.3. The fourth-order valence-corrected chi connectivity index (χ4v) is 6.62. The number of likely N-dealkylation sites (N-methyl/N-ethyl adjacent to an activating group) is 1. The Kier molecular flexibility index (Phi) is 7.71. The Balaban J connectivity index is 1.89. The molecule has 0 saturated heterocycles. The number of nitrogens with zero attached hydrogens (tertiary/aromatic N) is 2. The lowest BCUT2D eigenvalue weighted by molar-refractivity contribution is -0.139. The van der Waals surface area contributed by atoms with Crippen LogP contribution in [0.4, 0.5) is 11.4 Å². The summed E-state index contributed by atoms with van der Waals surface area (Å²) in [7, 11) is 6.88. The molecule has 4 atom stereocenters. The number of phenols is 1. The number of anilines is 2. The topological polar surface area (TPSA) is 186 Å². The third-order valence-electron chi connectivity index (χ3n) is 8.69. The van der Waals surface area contributed by atoms with Gasteiger partial charge in [-0.2, -0.15) is 0 Å². The van der Waals surface area contributed by atoms with Gasteiger partial charge in [-0.1, -0.05) is 0 Å². The van der Waals surface area contributed by atoms with Gasteiger partial charge in [0.05, 0.1) is 29.3 Å². The largest absolute Gasteiger partial charge is 0.510 e. The summed E-state index contributed by atoms with van der Waals surface area (Å²) < 4.78 is 0. The van der Waals surface area contributed by atoms with Gasteiger partial charge in [0.2, 0.25) is 5.91 Å². The number of primary amides is 1. The molecule has 0 spiro atoms. The predicted octanol–water partition coefficient (Wildman–Crippen LogP) is 1.63. The molecule has 0 aromatic heterocycles. The molecule has 0 unspecified atom stereocenters. The number of phenolic OH excluding ortho intramolecular Hbond substituents is 1. The van der Waals surface area contributed by atoms with Crippen molar-refractivity contribution in [2.45, 2.75) is 52.1 Å². The van der Waals surface area contributed by atoms with E-state index in [4.69, 9.17) is 5.73 Å². The second kappa shape index (κ2) is 10.4. The van der Waals surface area contributed by atoms with Gasteiger partial charge >= 0.3 is 0 Å². The molecule has 0 heterocycles. The zero-order chi connectivity index (χ0) is 31.6. The Morgan fingerprint density at radius 1 is 1.12 bits per heavy atom. The van der Waals surface area contributed by atoms with Gasteiger partial charge in [0.1, 0.15) is 22.8 Å². The van der Waals surface area contributed by atoms with Gasteiger partial charge in [0, 0.05) is 36.8 Å².